The van der Waals surface area contributed by atoms with Crippen molar-refractivity contribution in [1.29, 1.82) is 0 Å². The van der Waals surface area contributed by atoms with E-state index in [0.717, 1.165) is 11.3 Å². The number of hydrogen-bond acceptors (Lipinski definition) is 5. The molecule has 6 rings (SSSR count). The molecule has 0 aliphatic carbocycles. The van der Waals surface area contributed by atoms with Crippen LogP contribution in [0.3, 0.4) is 0 Å². The molecule has 40 heavy (non-hydrogen) atoms. The van der Waals surface area contributed by atoms with Crippen LogP contribution in [0, 0.1) is 6.07 Å². The molecule has 6 aromatic rings. The average Bonchev–Trinajstić information content (AvgIpc) is 2.99. The molecule has 7 heteroatoms. The van der Waals surface area contributed by atoms with E-state index in [2.05, 4.69) is 21.0 Å². The van der Waals surface area contributed by atoms with Gasteiger partial charge in [0.05, 0.1) is 22.8 Å². The van der Waals surface area contributed by atoms with E-state index in [1.807, 2.05) is 103 Å². The second-order valence-electron chi connectivity index (χ2n) is 8.34. The maximum Gasteiger partial charge on any atom is 0.124 e. The quantitative estimate of drug-likeness (QED) is 0.180. The van der Waals surface area contributed by atoms with Crippen LogP contribution in [0.5, 0.6) is 11.5 Å². The SMILES string of the molecule is Oc1ccccc1-c1cccc(-c2cccc(-c3ccccc3O)n2)n1.[Ir].[Pt].[c-]1ccccc1-c1ccccn1. The third kappa shape index (κ3) is 7.58. The fourth-order valence-corrected chi connectivity index (χ4v) is 3.91. The monoisotopic (exact) mass is 882 g/mol. The number of phenolic OH excluding ortho intramolecular Hbond substituents is 2. The van der Waals surface area contributed by atoms with Crippen molar-refractivity contribution in [3.63, 3.8) is 0 Å². The van der Waals surface area contributed by atoms with Gasteiger partial charge in [0.25, 0.3) is 0 Å². The normalized spacial score (nSPS) is 9.80. The minimum Gasteiger partial charge on any atom is -0.507 e. The molecule has 0 aliphatic heterocycles. The molecular formula is C33H24IrN3O2Pt-. The van der Waals surface area contributed by atoms with Gasteiger partial charge in [-0.15, -0.1) is 35.9 Å². The molecule has 0 aliphatic rings. The summed E-state index contributed by atoms with van der Waals surface area (Å²) in [5.74, 6) is 0.376. The Morgan fingerprint density at radius 3 is 1.43 bits per heavy atom. The predicted molar refractivity (Wildman–Crippen MR) is 150 cm³/mol. The third-order valence-corrected chi connectivity index (χ3v) is 5.77. The Kier molecular flexibility index (Phi) is 11.5. The van der Waals surface area contributed by atoms with Crippen molar-refractivity contribution in [2.45, 2.75) is 0 Å². The maximum absolute atomic E-state index is 10.1. The summed E-state index contributed by atoms with van der Waals surface area (Å²) in [5, 5.41) is 20.1. The standard InChI is InChI=1S/C22H16N2O2.C11H8N.Ir.Pt/c25-21-13-3-1-7-15(21)17-9-5-11-19(23-17)20-12-6-10-18(24-20)16-8-2-4-14-22(16)26;1-2-6-10(7-3-1)11-8-4-5-9-12-11;;/h1-14,25-26H;1-6,8-9H;;/q;-1;;. The summed E-state index contributed by atoms with van der Waals surface area (Å²) in [4.78, 5) is 13.5. The van der Waals surface area contributed by atoms with Crippen molar-refractivity contribution in [3.05, 3.63) is 140 Å². The number of nitrogens with zero attached hydrogens (tertiary/aromatic N) is 3. The first kappa shape index (κ1) is 30.6. The summed E-state index contributed by atoms with van der Waals surface area (Å²) in [5.41, 5.74) is 6.10. The van der Waals surface area contributed by atoms with Gasteiger partial charge >= 0.3 is 0 Å². The summed E-state index contributed by atoms with van der Waals surface area (Å²) < 4.78 is 0. The minimum absolute atomic E-state index is 0. The van der Waals surface area contributed by atoms with Crippen molar-refractivity contribution in [1.82, 2.24) is 15.0 Å². The molecule has 0 spiro atoms. The minimum atomic E-state index is 0. The van der Waals surface area contributed by atoms with Gasteiger partial charge in [-0.3, -0.25) is 0 Å². The van der Waals surface area contributed by atoms with Crippen LogP contribution in [-0.4, -0.2) is 25.2 Å². The van der Waals surface area contributed by atoms with Crippen LogP contribution >= 0.6 is 0 Å². The van der Waals surface area contributed by atoms with Crippen molar-refractivity contribution in [2.75, 3.05) is 0 Å². The van der Waals surface area contributed by atoms with Gasteiger partial charge in [0.2, 0.25) is 0 Å². The van der Waals surface area contributed by atoms with E-state index in [9.17, 15) is 10.2 Å². The van der Waals surface area contributed by atoms with Gasteiger partial charge in [0.15, 0.2) is 0 Å². The van der Waals surface area contributed by atoms with Gasteiger partial charge in [0, 0.05) is 58.5 Å². The molecule has 0 saturated heterocycles. The van der Waals surface area contributed by atoms with Crippen LogP contribution in [0.15, 0.2) is 134 Å². The number of hydrogen-bond donors (Lipinski definition) is 2. The van der Waals surface area contributed by atoms with Gasteiger partial charge in [-0.2, -0.15) is 0 Å². The first-order chi connectivity index (χ1) is 18.7. The molecule has 0 amide bonds. The van der Waals surface area contributed by atoms with Gasteiger partial charge in [-0.1, -0.05) is 48.5 Å². The van der Waals surface area contributed by atoms with E-state index in [1.54, 1.807) is 30.5 Å². The molecule has 203 valence electrons. The summed E-state index contributed by atoms with van der Waals surface area (Å²) >= 11 is 0. The fourth-order valence-electron chi connectivity index (χ4n) is 3.91. The van der Waals surface area contributed by atoms with Crippen LogP contribution in [0.25, 0.3) is 45.2 Å². The van der Waals surface area contributed by atoms with Crippen LogP contribution in [0.4, 0.5) is 0 Å². The number of phenols is 2. The van der Waals surface area contributed by atoms with Gasteiger partial charge in [0.1, 0.15) is 11.5 Å². The molecule has 2 N–H and O–H groups in total. The molecule has 3 heterocycles. The smallest absolute Gasteiger partial charge is 0.124 e. The zero-order valence-electron chi connectivity index (χ0n) is 21.1. The van der Waals surface area contributed by atoms with E-state index in [4.69, 9.17) is 0 Å². The van der Waals surface area contributed by atoms with E-state index in [-0.39, 0.29) is 52.7 Å². The third-order valence-electron chi connectivity index (χ3n) is 5.77. The number of rotatable bonds is 4. The number of aromatic hydroxyl groups is 2. The zero-order chi connectivity index (χ0) is 26.2. The van der Waals surface area contributed by atoms with Crippen LogP contribution in [-0.2, 0) is 41.2 Å². The summed E-state index contributed by atoms with van der Waals surface area (Å²) in [7, 11) is 0. The van der Waals surface area contributed by atoms with Crippen LogP contribution in [0.1, 0.15) is 0 Å². The zero-order valence-corrected chi connectivity index (χ0v) is 25.8. The Morgan fingerprint density at radius 1 is 0.475 bits per heavy atom. The number of aromatic nitrogens is 3. The van der Waals surface area contributed by atoms with Crippen molar-refractivity contribution < 1.29 is 51.4 Å². The first-order valence-electron chi connectivity index (χ1n) is 12.1. The summed E-state index contributed by atoms with van der Waals surface area (Å²) in [6.07, 6.45) is 1.79. The number of pyridine rings is 3. The Balaban J connectivity index is 0.000000266. The average molecular weight is 882 g/mol. The second kappa shape index (κ2) is 15.0. The topological polar surface area (TPSA) is 79.1 Å². The van der Waals surface area contributed by atoms with Crippen molar-refractivity contribution >= 4 is 0 Å². The summed E-state index contributed by atoms with van der Waals surface area (Å²) in [6.45, 7) is 0. The Labute approximate surface area is 261 Å². The van der Waals surface area contributed by atoms with Gasteiger partial charge in [-0.25, -0.2) is 9.97 Å². The van der Waals surface area contributed by atoms with Crippen molar-refractivity contribution in [3.8, 4) is 56.7 Å². The fraction of sp³-hybridized carbons (Fsp3) is 0. The molecule has 3 aromatic carbocycles. The summed E-state index contributed by atoms with van der Waals surface area (Å²) in [6, 6.07) is 42.3. The van der Waals surface area contributed by atoms with E-state index in [0.29, 0.717) is 33.9 Å². The molecule has 1 radical (unpaired) electrons. The molecule has 0 unspecified atom stereocenters. The van der Waals surface area contributed by atoms with Crippen molar-refractivity contribution in [2.24, 2.45) is 0 Å². The van der Waals surface area contributed by atoms with Crippen LogP contribution in [0.2, 0.25) is 0 Å². The second-order valence-corrected chi connectivity index (χ2v) is 8.34. The molecule has 0 bridgehead atoms. The van der Waals surface area contributed by atoms with Gasteiger partial charge < -0.3 is 15.2 Å². The molecule has 0 atom stereocenters. The number of benzene rings is 3. The van der Waals surface area contributed by atoms with E-state index >= 15 is 0 Å². The Morgan fingerprint density at radius 2 is 0.950 bits per heavy atom. The van der Waals surface area contributed by atoms with Gasteiger partial charge in [-0.05, 0) is 60.3 Å². The predicted octanol–water partition coefficient (Wildman–Crippen LogP) is 7.43. The molecule has 0 fully saturated rings. The molecule has 3 aromatic heterocycles. The molecular weight excluding hydrogens is 858 g/mol. The molecule has 5 nitrogen and oxygen atoms in total. The van der Waals surface area contributed by atoms with E-state index in [1.165, 1.54) is 0 Å². The molecule has 0 saturated carbocycles. The Hall–Kier alpha value is -3.95. The number of para-hydroxylation sites is 2. The first-order valence-corrected chi connectivity index (χ1v) is 12.1. The largest absolute Gasteiger partial charge is 0.507 e. The Bertz CT molecular complexity index is 1530. The van der Waals surface area contributed by atoms with E-state index < -0.39 is 0 Å². The van der Waals surface area contributed by atoms with Crippen LogP contribution < -0.4 is 0 Å². The maximum atomic E-state index is 10.1.